The van der Waals surface area contributed by atoms with E-state index in [9.17, 15) is 9.59 Å². The van der Waals surface area contributed by atoms with Crippen molar-refractivity contribution in [2.45, 2.75) is 13.8 Å². The Balaban J connectivity index is 0.000000791. The summed E-state index contributed by atoms with van der Waals surface area (Å²) in [5.74, 6) is -1.46. The minimum atomic E-state index is -1.20. The molecule has 0 bridgehead atoms. The summed E-state index contributed by atoms with van der Waals surface area (Å²) in [7, 11) is 1.40. The standard InChI is InChI=1S/C6H7N3O3.C2H6/c1-9-2-3(5(10)11)4(7)8-6(9)12;1-2/h2H,1H3,(H,10,11)(H2,7,8,12);1-2H3. The van der Waals surface area contributed by atoms with Gasteiger partial charge in [-0.1, -0.05) is 13.8 Å². The number of aromatic nitrogens is 2. The molecule has 0 spiro atoms. The van der Waals surface area contributed by atoms with Gasteiger partial charge in [-0.2, -0.15) is 4.98 Å². The molecule has 0 fully saturated rings. The Morgan fingerprint density at radius 1 is 1.57 bits per heavy atom. The van der Waals surface area contributed by atoms with Crippen LogP contribution in [0.25, 0.3) is 0 Å². The number of aromatic carboxylic acids is 1. The first-order valence-corrected chi connectivity index (χ1v) is 4.09. The summed E-state index contributed by atoms with van der Waals surface area (Å²) in [6, 6.07) is 0. The Morgan fingerprint density at radius 2 is 2.07 bits per heavy atom. The quantitative estimate of drug-likeness (QED) is 0.667. The average Bonchev–Trinajstić information content (AvgIpc) is 2.14. The summed E-state index contributed by atoms with van der Waals surface area (Å²) >= 11 is 0. The molecule has 14 heavy (non-hydrogen) atoms. The Labute approximate surface area is 81.0 Å². The van der Waals surface area contributed by atoms with Crippen molar-refractivity contribution in [1.29, 1.82) is 0 Å². The van der Waals surface area contributed by atoms with E-state index in [0.717, 1.165) is 10.8 Å². The Hall–Kier alpha value is -1.85. The molecule has 0 radical (unpaired) electrons. The van der Waals surface area contributed by atoms with Gasteiger partial charge in [-0.3, -0.25) is 0 Å². The molecule has 0 atom stereocenters. The number of carboxylic acid groups (broad SMARTS) is 1. The maximum absolute atomic E-state index is 10.8. The molecule has 0 aromatic carbocycles. The zero-order valence-corrected chi connectivity index (χ0v) is 8.31. The molecule has 0 aliphatic carbocycles. The van der Waals surface area contributed by atoms with Crippen molar-refractivity contribution in [2.75, 3.05) is 5.73 Å². The van der Waals surface area contributed by atoms with E-state index in [1.54, 1.807) is 0 Å². The van der Waals surface area contributed by atoms with E-state index in [0.29, 0.717) is 0 Å². The summed E-state index contributed by atoms with van der Waals surface area (Å²) in [6.07, 6.45) is 1.13. The lowest BCUT2D eigenvalue weighted by molar-refractivity contribution is 0.0696. The van der Waals surface area contributed by atoms with Crippen LogP contribution < -0.4 is 11.4 Å². The second-order valence-electron chi connectivity index (χ2n) is 2.24. The highest BCUT2D eigenvalue weighted by Crippen LogP contribution is 2.02. The van der Waals surface area contributed by atoms with Crippen molar-refractivity contribution in [3.63, 3.8) is 0 Å². The third-order valence-electron chi connectivity index (χ3n) is 1.35. The van der Waals surface area contributed by atoms with Gasteiger partial charge in [-0.25, -0.2) is 9.59 Å². The second kappa shape index (κ2) is 5.00. The predicted molar refractivity (Wildman–Crippen MR) is 52.2 cm³/mol. The van der Waals surface area contributed by atoms with Gasteiger partial charge in [0.25, 0.3) is 0 Å². The second-order valence-corrected chi connectivity index (χ2v) is 2.24. The van der Waals surface area contributed by atoms with Crippen molar-refractivity contribution in [1.82, 2.24) is 9.55 Å². The topological polar surface area (TPSA) is 98.2 Å². The largest absolute Gasteiger partial charge is 0.478 e. The van der Waals surface area contributed by atoms with Crippen LogP contribution in [0.5, 0.6) is 0 Å². The average molecular weight is 199 g/mol. The van der Waals surface area contributed by atoms with Crippen molar-refractivity contribution in [2.24, 2.45) is 7.05 Å². The molecular formula is C8H13N3O3. The molecule has 1 heterocycles. The zero-order chi connectivity index (χ0) is 11.3. The van der Waals surface area contributed by atoms with Crippen LogP contribution in [0.4, 0.5) is 5.82 Å². The van der Waals surface area contributed by atoms with Gasteiger partial charge in [-0.05, 0) is 0 Å². The van der Waals surface area contributed by atoms with Gasteiger partial charge < -0.3 is 15.4 Å². The van der Waals surface area contributed by atoms with E-state index >= 15 is 0 Å². The van der Waals surface area contributed by atoms with Gasteiger partial charge in [0.05, 0.1) is 0 Å². The molecule has 1 aromatic rings. The highest BCUT2D eigenvalue weighted by molar-refractivity contribution is 5.91. The Kier molecular flexibility index (Phi) is 4.34. The maximum atomic E-state index is 10.8. The van der Waals surface area contributed by atoms with Crippen LogP contribution in [0.15, 0.2) is 11.0 Å². The highest BCUT2D eigenvalue weighted by atomic mass is 16.4. The monoisotopic (exact) mass is 199 g/mol. The minimum Gasteiger partial charge on any atom is -0.478 e. The number of hydrogen-bond acceptors (Lipinski definition) is 4. The number of rotatable bonds is 1. The molecule has 3 N–H and O–H groups in total. The first-order valence-electron chi connectivity index (χ1n) is 4.09. The van der Waals surface area contributed by atoms with Gasteiger partial charge >= 0.3 is 11.7 Å². The van der Waals surface area contributed by atoms with Crippen LogP contribution in [0.1, 0.15) is 24.2 Å². The van der Waals surface area contributed by atoms with E-state index in [-0.39, 0.29) is 11.4 Å². The summed E-state index contributed by atoms with van der Waals surface area (Å²) in [4.78, 5) is 24.5. The molecule has 0 aliphatic heterocycles. The van der Waals surface area contributed by atoms with Crippen molar-refractivity contribution >= 4 is 11.8 Å². The molecule has 0 saturated heterocycles. The van der Waals surface area contributed by atoms with Crippen LogP contribution in [0.3, 0.4) is 0 Å². The van der Waals surface area contributed by atoms with Gasteiger partial charge in [0.1, 0.15) is 11.4 Å². The molecule has 0 aliphatic rings. The molecular weight excluding hydrogens is 186 g/mol. The van der Waals surface area contributed by atoms with Gasteiger partial charge in [0.15, 0.2) is 0 Å². The fourth-order valence-corrected chi connectivity index (χ4v) is 0.722. The van der Waals surface area contributed by atoms with E-state index in [4.69, 9.17) is 10.8 Å². The molecule has 6 heteroatoms. The fraction of sp³-hybridized carbons (Fsp3) is 0.375. The molecule has 1 aromatic heterocycles. The molecule has 6 nitrogen and oxygen atoms in total. The lowest BCUT2D eigenvalue weighted by Gasteiger charge is -2.00. The lowest BCUT2D eigenvalue weighted by atomic mass is 10.3. The zero-order valence-electron chi connectivity index (χ0n) is 8.31. The molecule has 0 unspecified atom stereocenters. The molecule has 0 saturated carbocycles. The van der Waals surface area contributed by atoms with E-state index < -0.39 is 11.7 Å². The van der Waals surface area contributed by atoms with Gasteiger partial charge in [-0.15, -0.1) is 0 Å². The number of nitrogens with two attached hydrogens (primary N) is 1. The summed E-state index contributed by atoms with van der Waals surface area (Å²) in [6.45, 7) is 4.00. The van der Waals surface area contributed by atoms with Gasteiger partial charge in [0, 0.05) is 13.2 Å². The smallest absolute Gasteiger partial charge is 0.349 e. The van der Waals surface area contributed by atoms with Crippen molar-refractivity contribution < 1.29 is 9.90 Å². The number of anilines is 1. The number of hydrogen-bond donors (Lipinski definition) is 2. The number of aryl methyl sites for hydroxylation is 1. The third-order valence-corrected chi connectivity index (χ3v) is 1.35. The number of carboxylic acids is 1. The van der Waals surface area contributed by atoms with E-state index in [1.165, 1.54) is 7.05 Å². The summed E-state index contributed by atoms with van der Waals surface area (Å²) in [5, 5.41) is 8.55. The highest BCUT2D eigenvalue weighted by Gasteiger charge is 2.10. The molecule has 0 amide bonds. The number of nitrogens with zero attached hydrogens (tertiary/aromatic N) is 2. The normalized spacial score (nSPS) is 8.79. The predicted octanol–water partition coefficient (Wildman–Crippen LogP) is 0.0869. The van der Waals surface area contributed by atoms with Crippen LogP contribution in [0, 0.1) is 0 Å². The van der Waals surface area contributed by atoms with E-state index in [1.807, 2.05) is 13.8 Å². The number of carbonyl (C=O) groups is 1. The minimum absolute atomic E-state index is 0.169. The maximum Gasteiger partial charge on any atom is 0.349 e. The van der Waals surface area contributed by atoms with Gasteiger partial charge in [0.2, 0.25) is 0 Å². The summed E-state index contributed by atoms with van der Waals surface area (Å²) in [5.41, 5.74) is 4.44. The molecule has 78 valence electrons. The van der Waals surface area contributed by atoms with Crippen LogP contribution in [0.2, 0.25) is 0 Å². The van der Waals surface area contributed by atoms with Crippen LogP contribution >= 0.6 is 0 Å². The Bertz CT molecular complexity index is 384. The number of nitrogen functional groups attached to an aromatic ring is 1. The Morgan fingerprint density at radius 3 is 2.50 bits per heavy atom. The van der Waals surface area contributed by atoms with Crippen LogP contribution in [-0.4, -0.2) is 20.6 Å². The van der Waals surface area contributed by atoms with E-state index in [2.05, 4.69) is 4.98 Å². The van der Waals surface area contributed by atoms with Crippen LogP contribution in [-0.2, 0) is 7.05 Å². The lowest BCUT2D eigenvalue weighted by Crippen LogP contribution is -2.23. The molecule has 1 rings (SSSR count). The summed E-state index contributed by atoms with van der Waals surface area (Å²) < 4.78 is 1.06. The third kappa shape index (κ3) is 2.58. The SMILES string of the molecule is CC.Cn1cc(C(=O)O)c(N)nc1=O. The van der Waals surface area contributed by atoms with Crippen molar-refractivity contribution in [3.05, 3.63) is 22.2 Å². The fourth-order valence-electron chi connectivity index (χ4n) is 0.722. The van der Waals surface area contributed by atoms with Crippen molar-refractivity contribution in [3.8, 4) is 0 Å². The first kappa shape index (κ1) is 12.2. The first-order chi connectivity index (χ1) is 6.52.